The minimum atomic E-state index is -1.82. The van der Waals surface area contributed by atoms with E-state index < -0.39 is 20.5 Å². The van der Waals surface area contributed by atoms with Crippen LogP contribution >= 0.6 is 0 Å². The molecule has 1 aromatic rings. The summed E-state index contributed by atoms with van der Waals surface area (Å²) in [6, 6.07) is 8.07. The molecule has 0 spiro atoms. The molecule has 21 heavy (non-hydrogen) atoms. The fourth-order valence-corrected chi connectivity index (χ4v) is 2.79. The van der Waals surface area contributed by atoms with Crippen LogP contribution in [0, 0.1) is 0 Å². The van der Waals surface area contributed by atoms with Crippen molar-refractivity contribution in [3.05, 3.63) is 29.8 Å². The van der Waals surface area contributed by atoms with Gasteiger partial charge in [-0.3, -0.25) is 0 Å². The van der Waals surface area contributed by atoms with Crippen molar-refractivity contribution >= 4 is 8.32 Å². The van der Waals surface area contributed by atoms with Crippen LogP contribution < -0.4 is 4.43 Å². The molecule has 1 aromatic carbocycles. The van der Waals surface area contributed by atoms with E-state index in [-0.39, 0.29) is 5.04 Å². The molecule has 0 fully saturated rings. The van der Waals surface area contributed by atoms with Gasteiger partial charge in [-0.1, -0.05) is 32.9 Å². The van der Waals surface area contributed by atoms with Gasteiger partial charge < -0.3 is 14.6 Å². The van der Waals surface area contributed by atoms with Gasteiger partial charge in [-0.2, -0.15) is 0 Å². The summed E-state index contributed by atoms with van der Waals surface area (Å²) in [6.07, 6.45) is -0.0613. The zero-order chi connectivity index (χ0) is 16.3. The summed E-state index contributed by atoms with van der Waals surface area (Å²) in [5.41, 5.74) is 1.13. The first kappa shape index (κ1) is 18.2. The van der Waals surface area contributed by atoms with E-state index in [2.05, 4.69) is 39.9 Å². The molecule has 0 bridgehead atoms. The number of rotatable bonds is 6. The van der Waals surface area contributed by atoms with Gasteiger partial charge in [0.15, 0.2) is 0 Å². The van der Waals surface area contributed by atoms with Crippen molar-refractivity contribution in [2.24, 2.45) is 0 Å². The topological polar surface area (TPSA) is 49.7 Å². The quantitative estimate of drug-likeness (QED) is 0.787. The predicted molar refractivity (Wildman–Crippen MR) is 90.3 cm³/mol. The number of benzene rings is 1. The molecule has 0 saturated heterocycles. The van der Waals surface area contributed by atoms with E-state index in [4.69, 9.17) is 4.43 Å². The van der Waals surface area contributed by atoms with Crippen LogP contribution in [0.5, 0.6) is 5.75 Å². The number of aliphatic hydroxyl groups is 2. The Bertz CT molecular complexity index is 450. The fraction of sp³-hybridized carbons (Fsp3) is 0.647. The fourth-order valence-electron chi connectivity index (χ4n) is 1.77. The Morgan fingerprint density at radius 2 is 1.81 bits per heavy atom. The standard InChI is InChI=1S/C17H30O3Si/c1-13(18)16(19)11-10-14-8-7-9-15(12-14)20-21(5,6)17(2,3)4/h7-9,12-13,16,18-19H,10-11H2,1-6H3/t13-,16-/m0/s1. The molecule has 120 valence electrons. The van der Waals surface area contributed by atoms with Crippen molar-refractivity contribution < 1.29 is 14.6 Å². The molecule has 0 radical (unpaired) electrons. The largest absolute Gasteiger partial charge is 0.543 e. The lowest BCUT2D eigenvalue weighted by atomic mass is 10.0. The summed E-state index contributed by atoms with van der Waals surface area (Å²) >= 11 is 0. The molecule has 0 aliphatic heterocycles. The predicted octanol–water partition coefficient (Wildman–Crippen LogP) is 3.74. The molecule has 1 rings (SSSR count). The van der Waals surface area contributed by atoms with Crippen molar-refractivity contribution in [2.75, 3.05) is 0 Å². The second kappa shape index (κ2) is 6.94. The summed E-state index contributed by atoms with van der Waals surface area (Å²) in [4.78, 5) is 0. The van der Waals surface area contributed by atoms with Gasteiger partial charge in [-0.25, -0.2) is 0 Å². The second-order valence-electron chi connectivity index (χ2n) is 7.36. The molecular formula is C17H30O3Si. The average molecular weight is 311 g/mol. The van der Waals surface area contributed by atoms with Crippen molar-refractivity contribution in [3.8, 4) is 5.75 Å². The molecule has 3 nitrogen and oxygen atoms in total. The van der Waals surface area contributed by atoms with Crippen molar-refractivity contribution in [1.29, 1.82) is 0 Å². The normalized spacial score (nSPS) is 15.6. The number of aryl methyl sites for hydroxylation is 1. The molecule has 0 amide bonds. The highest BCUT2D eigenvalue weighted by Gasteiger charge is 2.38. The summed E-state index contributed by atoms with van der Waals surface area (Å²) in [5.74, 6) is 0.908. The maximum absolute atomic E-state index is 9.68. The van der Waals surface area contributed by atoms with Gasteiger partial charge in [0, 0.05) is 0 Å². The Labute approximate surface area is 130 Å². The van der Waals surface area contributed by atoms with Gasteiger partial charge in [-0.15, -0.1) is 0 Å². The molecule has 0 aromatic heterocycles. The van der Waals surface area contributed by atoms with Crippen LogP contribution in [-0.4, -0.2) is 30.7 Å². The lowest BCUT2D eigenvalue weighted by molar-refractivity contribution is 0.0265. The smallest absolute Gasteiger partial charge is 0.250 e. The minimum Gasteiger partial charge on any atom is -0.543 e. The molecule has 0 aliphatic rings. The van der Waals surface area contributed by atoms with Gasteiger partial charge in [0.25, 0.3) is 0 Å². The van der Waals surface area contributed by atoms with Crippen LogP contribution in [0.1, 0.15) is 39.7 Å². The zero-order valence-corrected chi connectivity index (χ0v) is 15.2. The van der Waals surface area contributed by atoms with Crippen molar-refractivity contribution in [2.45, 2.75) is 70.9 Å². The van der Waals surface area contributed by atoms with Gasteiger partial charge in [0.2, 0.25) is 8.32 Å². The lowest BCUT2D eigenvalue weighted by Gasteiger charge is -2.36. The Balaban J connectivity index is 2.73. The first-order valence-corrected chi connectivity index (χ1v) is 10.6. The zero-order valence-electron chi connectivity index (χ0n) is 14.2. The van der Waals surface area contributed by atoms with E-state index in [1.54, 1.807) is 6.92 Å². The summed E-state index contributed by atoms with van der Waals surface area (Å²) in [6.45, 7) is 12.8. The van der Waals surface area contributed by atoms with E-state index in [1.165, 1.54) is 0 Å². The molecule has 2 atom stereocenters. The van der Waals surface area contributed by atoms with E-state index in [9.17, 15) is 10.2 Å². The third-order valence-corrected chi connectivity index (χ3v) is 8.72. The second-order valence-corrected chi connectivity index (χ2v) is 12.1. The minimum absolute atomic E-state index is 0.172. The van der Waals surface area contributed by atoms with Gasteiger partial charge in [0.1, 0.15) is 5.75 Å². The SMILES string of the molecule is C[C@H](O)[C@@H](O)CCc1cccc(O[Si](C)(C)C(C)(C)C)c1. The highest BCUT2D eigenvalue weighted by atomic mass is 28.4. The Morgan fingerprint density at radius 3 is 2.33 bits per heavy atom. The first-order valence-electron chi connectivity index (χ1n) is 7.67. The summed E-state index contributed by atoms with van der Waals surface area (Å²) in [5, 5.41) is 19.2. The summed E-state index contributed by atoms with van der Waals surface area (Å²) < 4.78 is 6.29. The molecule has 0 aliphatic carbocycles. The number of hydrogen-bond acceptors (Lipinski definition) is 3. The van der Waals surface area contributed by atoms with Crippen LogP contribution in [0.2, 0.25) is 18.1 Å². The van der Waals surface area contributed by atoms with Crippen LogP contribution in [-0.2, 0) is 6.42 Å². The van der Waals surface area contributed by atoms with Gasteiger partial charge in [0.05, 0.1) is 12.2 Å². The van der Waals surface area contributed by atoms with Crippen LogP contribution in [0.15, 0.2) is 24.3 Å². The molecule has 4 heteroatoms. The number of aliphatic hydroxyl groups excluding tert-OH is 2. The van der Waals surface area contributed by atoms with Crippen LogP contribution in [0.3, 0.4) is 0 Å². The van der Waals surface area contributed by atoms with Crippen LogP contribution in [0.25, 0.3) is 0 Å². The Hall–Kier alpha value is -0.843. The Morgan fingerprint density at radius 1 is 1.19 bits per heavy atom. The lowest BCUT2D eigenvalue weighted by Crippen LogP contribution is -2.43. The van der Waals surface area contributed by atoms with Crippen molar-refractivity contribution in [3.63, 3.8) is 0 Å². The van der Waals surface area contributed by atoms with E-state index in [1.807, 2.05) is 18.2 Å². The molecular weight excluding hydrogens is 280 g/mol. The highest BCUT2D eigenvalue weighted by Crippen LogP contribution is 2.37. The van der Waals surface area contributed by atoms with Crippen LogP contribution in [0.4, 0.5) is 0 Å². The Kier molecular flexibility index (Phi) is 6.02. The summed E-state index contributed by atoms with van der Waals surface area (Å²) in [7, 11) is -1.82. The monoisotopic (exact) mass is 310 g/mol. The molecule has 0 unspecified atom stereocenters. The van der Waals surface area contributed by atoms with E-state index in [0.717, 1.165) is 17.7 Å². The average Bonchev–Trinajstić information content (AvgIpc) is 2.34. The highest BCUT2D eigenvalue weighted by molar-refractivity contribution is 6.74. The maximum atomic E-state index is 9.68. The first-order chi connectivity index (χ1) is 9.53. The van der Waals surface area contributed by atoms with Crippen molar-refractivity contribution in [1.82, 2.24) is 0 Å². The van der Waals surface area contributed by atoms with E-state index >= 15 is 0 Å². The maximum Gasteiger partial charge on any atom is 0.250 e. The number of hydrogen-bond donors (Lipinski definition) is 2. The van der Waals surface area contributed by atoms with Gasteiger partial charge >= 0.3 is 0 Å². The molecule has 0 heterocycles. The van der Waals surface area contributed by atoms with Gasteiger partial charge in [-0.05, 0) is 55.6 Å². The molecule has 2 N–H and O–H groups in total. The van der Waals surface area contributed by atoms with E-state index in [0.29, 0.717) is 6.42 Å². The molecule has 0 saturated carbocycles. The third-order valence-electron chi connectivity index (χ3n) is 4.36. The third kappa shape index (κ3) is 5.45.